The molecular weight excluding hydrogens is 431 g/mol. The van der Waals surface area contributed by atoms with E-state index in [9.17, 15) is 18.0 Å². The van der Waals surface area contributed by atoms with Crippen molar-refractivity contribution >= 4 is 11.7 Å². The van der Waals surface area contributed by atoms with Crippen molar-refractivity contribution in [1.82, 2.24) is 0 Å². The van der Waals surface area contributed by atoms with Gasteiger partial charge in [-0.1, -0.05) is 44.2 Å². The van der Waals surface area contributed by atoms with Gasteiger partial charge < -0.3 is 9.47 Å². The Morgan fingerprint density at radius 3 is 2.55 bits per heavy atom. The molecule has 4 nitrogen and oxygen atoms in total. The third-order valence-electron chi connectivity index (χ3n) is 5.31. The minimum atomic E-state index is -4.42. The minimum Gasteiger partial charge on any atom is -0.489 e. The predicted octanol–water partition coefficient (Wildman–Crippen LogP) is 6.71. The second-order valence-electron chi connectivity index (χ2n) is 8.62. The number of aliphatic imine (C=N–C) groups is 1. The van der Waals surface area contributed by atoms with E-state index in [0.29, 0.717) is 35.6 Å². The number of carbonyl (C=O) groups is 1. The number of benzene rings is 2. The van der Waals surface area contributed by atoms with Gasteiger partial charge in [0.05, 0.1) is 17.7 Å². The second-order valence-corrected chi connectivity index (χ2v) is 8.62. The Kier molecular flexibility index (Phi) is 7.61. The number of halogens is 3. The highest BCUT2D eigenvalue weighted by Crippen LogP contribution is 2.40. The van der Waals surface area contributed by atoms with Gasteiger partial charge in [0.2, 0.25) is 0 Å². The lowest BCUT2D eigenvalue weighted by Crippen LogP contribution is -2.23. The lowest BCUT2D eigenvalue weighted by Gasteiger charge is -2.27. The molecule has 0 aliphatic carbocycles. The first kappa shape index (κ1) is 24.6. The van der Waals surface area contributed by atoms with E-state index in [2.05, 4.69) is 4.99 Å². The van der Waals surface area contributed by atoms with Gasteiger partial charge in [0.1, 0.15) is 12.4 Å². The molecule has 0 aromatic heterocycles. The van der Waals surface area contributed by atoms with Gasteiger partial charge in [-0.3, -0.25) is 4.99 Å². The fourth-order valence-electron chi connectivity index (χ4n) is 3.82. The van der Waals surface area contributed by atoms with Crippen molar-refractivity contribution < 1.29 is 27.4 Å². The van der Waals surface area contributed by atoms with E-state index >= 15 is 0 Å². The van der Waals surface area contributed by atoms with Gasteiger partial charge in [-0.25, -0.2) is 4.79 Å². The summed E-state index contributed by atoms with van der Waals surface area (Å²) >= 11 is 0. The van der Waals surface area contributed by atoms with E-state index < -0.39 is 17.7 Å². The van der Waals surface area contributed by atoms with Crippen LogP contribution >= 0.6 is 0 Å². The fourth-order valence-corrected chi connectivity index (χ4v) is 3.82. The van der Waals surface area contributed by atoms with Gasteiger partial charge in [0.25, 0.3) is 0 Å². The molecule has 1 aliphatic heterocycles. The minimum absolute atomic E-state index is 0.0312. The lowest BCUT2D eigenvalue weighted by atomic mass is 9.83. The monoisotopic (exact) mass is 459 g/mol. The maximum atomic E-state index is 13.0. The molecule has 3 rings (SSSR count). The lowest BCUT2D eigenvalue weighted by molar-refractivity contribution is -0.140. The molecular formula is C26H28F3NO3. The van der Waals surface area contributed by atoms with Crippen LogP contribution in [0.3, 0.4) is 0 Å². The number of hydrogen-bond acceptors (Lipinski definition) is 4. The maximum Gasteiger partial charge on any atom is 0.416 e. The predicted molar refractivity (Wildman–Crippen MR) is 121 cm³/mol. The molecule has 1 atom stereocenters. The zero-order chi connectivity index (χ0) is 24.2. The van der Waals surface area contributed by atoms with Crippen molar-refractivity contribution in [3.8, 4) is 5.75 Å². The topological polar surface area (TPSA) is 47.9 Å². The number of alkyl halides is 3. The Morgan fingerprint density at radius 1 is 1.12 bits per heavy atom. The molecule has 33 heavy (non-hydrogen) atoms. The molecule has 0 saturated carbocycles. The molecule has 0 bridgehead atoms. The summed E-state index contributed by atoms with van der Waals surface area (Å²) in [5.41, 5.74) is 2.43. The zero-order valence-corrected chi connectivity index (χ0v) is 19.2. The molecule has 1 heterocycles. The van der Waals surface area contributed by atoms with Gasteiger partial charge in [0, 0.05) is 22.9 Å². The molecule has 0 saturated heterocycles. The van der Waals surface area contributed by atoms with Crippen LogP contribution in [0.1, 0.15) is 56.7 Å². The smallest absolute Gasteiger partial charge is 0.416 e. The second kappa shape index (κ2) is 10.2. The van der Waals surface area contributed by atoms with E-state index in [4.69, 9.17) is 9.47 Å². The number of hydrogen-bond donors (Lipinski definition) is 0. The molecule has 2 aromatic rings. The molecule has 2 aromatic carbocycles. The Hall–Kier alpha value is -3.09. The van der Waals surface area contributed by atoms with Crippen LogP contribution in [0.4, 0.5) is 13.2 Å². The quantitative estimate of drug-likeness (QED) is 0.433. The number of esters is 1. The normalized spacial score (nSPS) is 16.6. The number of rotatable bonds is 7. The summed E-state index contributed by atoms with van der Waals surface area (Å²) in [5, 5.41) is 0. The highest BCUT2D eigenvalue weighted by atomic mass is 19.4. The highest BCUT2D eigenvalue weighted by Gasteiger charge is 2.32. The van der Waals surface area contributed by atoms with Gasteiger partial charge >= 0.3 is 12.1 Å². The summed E-state index contributed by atoms with van der Waals surface area (Å²) in [4.78, 5) is 17.4. The summed E-state index contributed by atoms with van der Waals surface area (Å²) in [7, 11) is 0. The average molecular weight is 460 g/mol. The number of allylic oxidation sites excluding steroid dienone is 1. The molecule has 0 amide bonds. The molecule has 0 spiro atoms. The number of ether oxygens (including phenoxy) is 2. The van der Waals surface area contributed by atoms with Crippen LogP contribution in [0.25, 0.3) is 0 Å². The molecule has 176 valence electrons. The van der Waals surface area contributed by atoms with Crippen molar-refractivity contribution in [1.29, 1.82) is 0 Å². The van der Waals surface area contributed by atoms with E-state index in [1.807, 2.05) is 32.9 Å². The zero-order valence-electron chi connectivity index (χ0n) is 19.2. The Bertz CT molecular complexity index is 1070. The summed E-state index contributed by atoms with van der Waals surface area (Å²) in [6.07, 6.45) is -3.90. The largest absolute Gasteiger partial charge is 0.489 e. The highest BCUT2D eigenvalue weighted by molar-refractivity contribution is 5.96. The van der Waals surface area contributed by atoms with Crippen LogP contribution in [0.2, 0.25) is 0 Å². The van der Waals surface area contributed by atoms with E-state index in [1.165, 1.54) is 6.07 Å². The van der Waals surface area contributed by atoms with Gasteiger partial charge in [-0.05, 0) is 49.9 Å². The summed E-state index contributed by atoms with van der Waals surface area (Å²) in [6, 6.07) is 12.3. The van der Waals surface area contributed by atoms with Gasteiger partial charge in [-0.15, -0.1) is 0 Å². The van der Waals surface area contributed by atoms with Crippen molar-refractivity contribution in [2.75, 3.05) is 6.61 Å². The number of carbonyl (C=O) groups excluding carboxylic acids is 1. The Labute approximate surface area is 192 Å². The van der Waals surface area contributed by atoms with E-state index in [1.54, 1.807) is 25.1 Å². The van der Waals surface area contributed by atoms with Crippen LogP contribution in [-0.4, -0.2) is 18.3 Å². The fraction of sp³-hybridized carbons (Fsp3) is 0.385. The van der Waals surface area contributed by atoms with Crippen molar-refractivity contribution in [2.45, 2.75) is 52.8 Å². The SMILES string of the molecule is CC1=NC(C)=C(C(=O)OCC(C)C)C(c2ccccc2OCc2cccc(C(F)(F)F)c2)C1. The molecule has 1 unspecified atom stereocenters. The van der Waals surface area contributed by atoms with Crippen LogP contribution in [0.15, 0.2) is 64.8 Å². The summed E-state index contributed by atoms with van der Waals surface area (Å²) in [5.74, 6) is -0.0169. The number of para-hydroxylation sites is 1. The van der Waals surface area contributed by atoms with Gasteiger partial charge in [0.15, 0.2) is 0 Å². The summed E-state index contributed by atoms with van der Waals surface area (Å²) in [6.45, 7) is 7.89. The van der Waals surface area contributed by atoms with E-state index in [-0.39, 0.29) is 18.4 Å². The average Bonchev–Trinajstić information content (AvgIpc) is 2.75. The Morgan fingerprint density at radius 2 is 1.85 bits per heavy atom. The third kappa shape index (κ3) is 6.24. The summed E-state index contributed by atoms with van der Waals surface area (Å²) < 4.78 is 50.6. The number of nitrogens with zero attached hydrogens (tertiary/aromatic N) is 1. The first-order chi connectivity index (χ1) is 15.6. The standard InChI is InChI=1S/C26H28F3NO3/c1-16(2)14-33-25(31)24-18(4)30-17(3)12-22(24)21-10-5-6-11-23(21)32-15-19-8-7-9-20(13-19)26(27,28)29/h5-11,13,16,22H,12,14-15H2,1-4H3. The van der Waals surface area contributed by atoms with Crippen molar-refractivity contribution in [2.24, 2.45) is 10.9 Å². The molecule has 7 heteroatoms. The van der Waals surface area contributed by atoms with Gasteiger partial charge in [-0.2, -0.15) is 13.2 Å². The van der Waals surface area contributed by atoms with Crippen molar-refractivity contribution in [3.63, 3.8) is 0 Å². The molecule has 0 fully saturated rings. The van der Waals surface area contributed by atoms with Crippen LogP contribution < -0.4 is 4.74 Å². The molecule has 0 N–H and O–H groups in total. The van der Waals surface area contributed by atoms with Crippen LogP contribution in [0, 0.1) is 5.92 Å². The Balaban J connectivity index is 1.88. The first-order valence-electron chi connectivity index (χ1n) is 10.9. The molecule has 1 aliphatic rings. The first-order valence-corrected chi connectivity index (χ1v) is 10.9. The third-order valence-corrected chi connectivity index (χ3v) is 5.31. The van der Waals surface area contributed by atoms with E-state index in [0.717, 1.165) is 23.4 Å². The maximum absolute atomic E-state index is 13.0. The van der Waals surface area contributed by atoms with Crippen molar-refractivity contribution in [3.05, 3.63) is 76.5 Å². The molecule has 0 radical (unpaired) electrons. The van der Waals surface area contributed by atoms with Crippen LogP contribution in [0.5, 0.6) is 5.75 Å². The van der Waals surface area contributed by atoms with Crippen LogP contribution in [-0.2, 0) is 22.3 Å².